The summed E-state index contributed by atoms with van der Waals surface area (Å²) in [6.07, 6.45) is 1.89. The number of anilines is 3. The third-order valence-electron chi connectivity index (χ3n) is 4.88. The van der Waals surface area contributed by atoms with E-state index >= 15 is 0 Å². The smallest absolute Gasteiger partial charge is 0.251 e. The van der Waals surface area contributed by atoms with Crippen molar-refractivity contribution < 1.29 is 14.4 Å². The molecular weight excluding hydrogens is 392 g/mol. The first-order chi connectivity index (χ1) is 14.6. The lowest BCUT2D eigenvalue weighted by Gasteiger charge is -2.20. The van der Waals surface area contributed by atoms with Gasteiger partial charge >= 0.3 is 0 Å². The second kappa shape index (κ2) is 9.20. The Kier molecular flexibility index (Phi) is 6.63. The van der Waals surface area contributed by atoms with Gasteiger partial charge in [0, 0.05) is 34.1 Å². The third-order valence-corrected chi connectivity index (χ3v) is 4.88. The zero-order chi connectivity index (χ0) is 22.6. The highest BCUT2D eigenvalue weighted by molar-refractivity contribution is 5.99. The molecule has 0 spiro atoms. The number of rotatable bonds is 7. The van der Waals surface area contributed by atoms with Gasteiger partial charge in [-0.3, -0.25) is 14.4 Å². The van der Waals surface area contributed by atoms with Crippen LogP contribution in [0.4, 0.5) is 17.1 Å². The molecule has 31 heavy (non-hydrogen) atoms. The van der Waals surface area contributed by atoms with Gasteiger partial charge in [-0.15, -0.1) is 0 Å². The van der Waals surface area contributed by atoms with E-state index in [-0.39, 0.29) is 35.7 Å². The van der Waals surface area contributed by atoms with Crippen molar-refractivity contribution in [2.24, 2.45) is 5.92 Å². The molecule has 0 heterocycles. The predicted molar refractivity (Wildman–Crippen MR) is 123 cm³/mol. The Hall–Kier alpha value is -3.35. The normalized spacial score (nSPS) is 13.3. The van der Waals surface area contributed by atoms with Crippen molar-refractivity contribution in [2.75, 3.05) is 22.5 Å². The molecule has 2 aromatic rings. The second-order valence-electron chi connectivity index (χ2n) is 8.93. The van der Waals surface area contributed by atoms with Gasteiger partial charge in [-0.1, -0.05) is 12.1 Å². The number of carbonyl (C=O) groups is 3. The summed E-state index contributed by atoms with van der Waals surface area (Å²) in [5.74, 6) is -0.251. The minimum atomic E-state index is -0.342. The Labute approximate surface area is 183 Å². The van der Waals surface area contributed by atoms with Gasteiger partial charge in [0.1, 0.15) is 0 Å². The van der Waals surface area contributed by atoms with Crippen LogP contribution in [0.5, 0.6) is 0 Å². The first-order valence-electron chi connectivity index (χ1n) is 10.5. The highest BCUT2D eigenvalue weighted by Gasteiger charge is 2.29. The van der Waals surface area contributed by atoms with Gasteiger partial charge in [-0.25, -0.2) is 0 Å². The van der Waals surface area contributed by atoms with Gasteiger partial charge in [0.2, 0.25) is 11.8 Å². The summed E-state index contributed by atoms with van der Waals surface area (Å²) >= 11 is 0. The van der Waals surface area contributed by atoms with Gasteiger partial charge in [-0.05, 0) is 76.4 Å². The van der Waals surface area contributed by atoms with Gasteiger partial charge in [-0.2, -0.15) is 0 Å². The van der Waals surface area contributed by atoms with Crippen LogP contribution in [-0.4, -0.2) is 29.8 Å². The molecule has 0 aromatic heterocycles. The average Bonchev–Trinajstić information content (AvgIpc) is 3.53. The Morgan fingerprint density at radius 3 is 2.32 bits per heavy atom. The molecule has 0 radical (unpaired) electrons. The lowest BCUT2D eigenvalue weighted by atomic mass is 10.1. The van der Waals surface area contributed by atoms with Gasteiger partial charge in [0.25, 0.3) is 5.91 Å². The van der Waals surface area contributed by atoms with Gasteiger partial charge in [0.15, 0.2) is 0 Å². The minimum absolute atomic E-state index is 0.0494. The number of carbonyl (C=O) groups excluding carboxylic acids is 3. The molecule has 7 nitrogen and oxygen atoms in total. The summed E-state index contributed by atoms with van der Waals surface area (Å²) in [5.41, 5.74) is 3.10. The van der Waals surface area contributed by atoms with Gasteiger partial charge < -0.3 is 21.3 Å². The fourth-order valence-corrected chi connectivity index (χ4v) is 3.07. The Balaban J connectivity index is 1.57. The van der Waals surface area contributed by atoms with E-state index in [0.717, 1.165) is 29.8 Å². The van der Waals surface area contributed by atoms with Crippen molar-refractivity contribution in [1.82, 2.24) is 5.32 Å². The molecule has 2 aromatic carbocycles. The number of amides is 3. The zero-order valence-corrected chi connectivity index (χ0v) is 18.5. The summed E-state index contributed by atoms with van der Waals surface area (Å²) in [7, 11) is 0. The molecule has 0 unspecified atom stereocenters. The summed E-state index contributed by atoms with van der Waals surface area (Å²) in [4.78, 5) is 36.8. The number of hydrogen-bond acceptors (Lipinski definition) is 4. The SMILES string of the molecule is Cc1c(NCC(=O)Nc2cccc(C(=O)NC(C)(C)C)c2)cccc1NC(=O)C1CC1. The maximum atomic E-state index is 12.4. The number of benzene rings is 2. The summed E-state index contributed by atoms with van der Waals surface area (Å²) in [6, 6.07) is 12.4. The molecule has 0 bridgehead atoms. The van der Waals surface area contributed by atoms with E-state index in [1.807, 2.05) is 45.9 Å². The summed E-state index contributed by atoms with van der Waals surface area (Å²) < 4.78 is 0. The molecular formula is C24H30N4O3. The van der Waals surface area contributed by atoms with E-state index in [1.165, 1.54) is 0 Å². The van der Waals surface area contributed by atoms with Crippen LogP contribution >= 0.6 is 0 Å². The van der Waals surface area contributed by atoms with Crippen LogP contribution in [0.15, 0.2) is 42.5 Å². The fraction of sp³-hybridized carbons (Fsp3) is 0.375. The molecule has 1 aliphatic rings. The van der Waals surface area contributed by atoms with Crippen LogP contribution in [0.3, 0.4) is 0 Å². The van der Waals surface area contributed by atoms with Crippen LogP contribution in [0.1, 0.15) is 49.5 Å². The van der Waals surface area contributed by atoms with Crippen LogP contribution in [-0.2, 0) is 9.59 Å². The fourth-order valence-electron chi connectivity index (χ4n) is 3.07. The minimum Gasteiger partial charge on any atom is -0.376 e. The predicted octanol–water partition coefficient (Wildman–Crippen LogP) is 3.92. The number of nitrogens with one attached hydrogen (secondary N) is 4. The van der Waals surface area contributed by atoms with Crippen molar-refractivity contribution in [3.05, 3.63) is 53.6 Å². The molecule has 164 valence electrons. The highest BCUT2D eigenvalue weighted by atomic mass is 16.2. The lowest BCUT2D eigenvalue weighted by Crippen LogP contribution is -2.40. The quantitative estimate of drug-likeness (QED) is 0.543. The average molecular weight is 423 g/mol. The largest absolute Gasteiger partial charge is 0.376 e. The van der Waals surface area contributed by atoms with E-state index in [1.54, 1.807) is 24.3 Å². The van der Waals surface area contributed by atoms with Crippen molar-refractivity contribution in [2.45, 2.75) is 46.1 Å². The molecule has 3 amide bonds. The summed E-state index contributed by atoms with van der Waals surface area (Å²) in [6.45, 7) is 7.70. The van der Waals surface area contributed by atoms with Crippen molar-refractivity contribution in [3.63, 3.8) is 0 Å². The van der Waals surface area contributed by atoms with E-state index in [9.17, 15) is 14.4 Å². The Morgan fingerprint density at radius 1 is 0.968 bits per heavy atom. The first-order valence-corrected chi connectivity index (χ1v) is 10.5. The van der Waals surface area contributed by atoms with E-state index in [2.05, 4.69) is 21.3 Å². The van der Waals surface area contributed by atoms with Crippen LogP contribution in [0.25, 0.3) is 0 Å². The standard InChI is InChI=1S/C24H30N4O3/c1-15-19(9-6-10-20(15)27-22(30)16-11-12-16)25-14-21(29)26-18-8-5-7-17(13-18)23(31)28-24(2,3)4/h5-10,13,16,25H,11-12,14H2,1-4H3,(H,26,29)(H,27,30)(H,28,31). The maximum Gasteiger partial charge on any atom is 0.251 e. The highest BCUT2D eigenvalue weighted by Crippen LogP contribution is 2.31. The van der Waals surface area contributed by atoms with Crippen molar-refractivity contribution >= 4 is 34.8 Å². The van der Waals surface area contributed by atoms with Crippen LogP contribution in [0, 0.1) is 12.8 Å². The molecule has 0 saturated heterocycles. The second-order valence-corrected chi connectivity index (χ2v) is 8.93. The van der Waals surface area contributed by atoms with Crippen LogP contribution in [0.2, 0.25) is 0 Å². The molecule has 4 N–H and O–H groups in total. The van der Waals surface area contributed by atoms with E-state index < -0.39 is 0 Å². The summed E-state index contributed by atoms with van der Waals surface area (Å²) in [5, 5.41) is 11.8. The van der Waals surface area contributed by atoms with Crippen LogP contribution < -0.4 is 21.3 Å². The first kappa shape index (κ1) is 22.3. The monoisotopic (exact) mass is 422 g/mol. The third kappa shape index (κ3) is 6.57. The topological polar surface area (TPSA) is 99.3 Å². The zero-order valence-electron chi connectivity index (χ0n) is 18.5. The van der Waals surface area contributed by atoms with Gasteiger partial charge in [0.05, 0.1) is 6.54 Å². The number of hydrogen-bond donors (Lipinski definition) is 4. The Morgan fingerprint density at radius 2 is 1.65 bits per heavy atom. The molecule has 1 aliphatic carbocycles. The lowest BCUT2D eigenvalue weighted by molar-refractivity contribution is -0.117. The van der Waals surface area contributed by atoms with E-state index in [4.69, 9.17) is 0 Å². The maximum absolute atomic E-state index is 12.4. The molecule has 0 aliphatic heterocycles. The molecule has 3 rings (SSSR count). The van der Waals surface area contributed by atoms with E-state index in [0.29, 0.717) is 11.3 Å². The van der Waals surface area contributed by atoms with Crippen molar-refractivity contribution in [3.8, 4) is 0 Å². The molecule has 0 atom stereocenters. The molecule has 7 heteroatoms. The molecule has 1 saturated carbocycles. The Bertz CT molecular complexity index is 991. The molecule has 1 fully saturated rings. The van der Waals surface area contributed by atoms with Crippen molar-refractivity contribution in [1.29, 1.82) is 0 Å².